The van der Waals surface area contributed by atoms with Gasteiger partial charge in [-0.2, -0.15) is 0 Å². The zero-order valence-corrected chi connectivity index (χ0v) is 12.8. The van der Waals surface area contributed by atoms with E-state index in [0.717, 1.165) is 0 Å². The summed E-state index contributed by atoms with van der Waals surface area (Å²) in [4.78, 5) is 0. The SMILES string of the molecule is C=C1C(O)C(O)C2C=COC(OC3OC(CO)C(O)C(O)C3O)C12. The Kier molecular flexibility index (Phi) is 4.96. The summed E-state index contributed by atoms with van der Waals surface area (Å²) >= 11 is 0. The molecule has 136 valence electrons. The molecule has 0 aromatic rings. The second kappa shape index (κ2) is 6.70. The number of hydrogen-bond acceptors (Lipinski definition) is 9. The Hall–Kier alpha value is -1.04. The van der Waals surface area contributed by atoms with E-state index in [1.807, 2.05) is 0 Å². The van der Waals surface area contributed by atoms with Crippen molar-refractivity contribution >= 4 is 0 Å². The van der Waals surface area contributed by atoms with Crippen LogP contribution in [0.5, 0.6) is 0 Å². The lowest BCUT2D eigenvalue weighted by atomic mass is 9.91. The molecule has 2 aliphatic heterocycles. The van der Waals surface area contributed by atoms with Crippen LogP contribution < -0.4 is 0 Å². The fourth-order valence-corrected chi connectivity index (χ4v) is 3.40. The van der Waals surface area contributed by atoms with E-state index >= 15 is 0 Å². The maximum atomic E-state index is 10.0. The molecule has 1 saturated heterocycles. The standard InChI is InChI=1S/C15H22O9/c1-5-8-6(10(18)9(5)17)2-3-22-14(8)24-15-13(21)12(20)11(19)7(4-16)23-15/h2-3,6-21H,1,4H2. The first-order valence-corrected chi connectivity index (χ1v) is 7.69. The Morgan fingerprint density at radius 2 is 1.71 bits per heavy atom. The number of hydrogen-bond donors (Lipinski definition) is 6. The Morgan fingerprint density at radius 3 is 2.38 bits per heavy atom. The molecule has 6 N–H and O–H groups in total. The van der Waals surface area contributed by atoms with Crippen molar-refractivity contribution in [3.05, 3.63) is 24.5 Å². The number of aliphatic hydroxyl groups is 6. The number of aliphatic hydroxyl groups excluding tert-OH is 6. The van der Waals surface area contributed by atoms with Gasteiger partial charge in [0, 0.05) is 5.92 Å². The average molecular weight is 346 g/mol. The van der Waals surface area contributed by atoms with E-state index in [1.54, 1.807) is 6.08 Å². The largest absolute Gasteiger partial charge is 0.472 e. The Bertz CT molecular complexity index is 507. The van der Waals surface area contributed by atoms with Crippen molar-refractivity contribution in [2.24, 2.45) is 11.8 Å². The molecule has 10 unspecified atom stereocenters. The molecule has 3 rings (SSSR count). The molecule has 1 aliphatic carbocycles. The maximum absolute atomic E-state index is 10.0. The predicted molar refractivity (Wildman–Crippen MR) is 77.0 cm³/mol. The summed E-state index contributed by atoms with van der Waals surface area (Å²) in [6.07, 6.45) is -7.43. The van der Waals surface area contributed by atoms with Crippen molar-refractivity contribution < 1.29 is 44.8 Å². The average Bonchev–Trinajstić information content (AvgIpc) is 2.80. The minimum Gasteiger partial charge on any atom is -0.472 e. The number of ether oxygens (including phenoxy) is 3. The molecule has 9 heteroatoms. The van der Waals surface area contributed by atoms with Gasteiger partial charge in [-0.15, -0.1) is 0 Å². The second-order valence-electron chi connectivity index (χ2n) is 6.28. The monoisotopic (exact) mass is 346 g/mol. The van der Waals surface area contributed by atoms with E-state index in [1.165, 1.54) is 6.26 Å². The van der Waals surface area contributed by atoms with Gasteiger partial charge in [0.1, 0.15) is 30.5 Å². The molecule has 0 spiro atoms. The van der Waals surface area contributed by atoms with Gasteiger partial charge in [0.05, 0.1) is 24.9 Å². The molecule has 1 saturated carbocycles. The van der Waals surface area contributed by atoms with Crippen molar-refractivity contribution in [1.82, 2.24) is 0 Å². The molecular weight excluding hydrogens is 324 g/mol. The van der Waals surface area contributed by atoms with Crippen LogP contribution in [0.25, 0.3) is 0 Å². The van der Waals surface area contributed by atoms with E-state index < -0.39 is 67.6 Å². The fraction of sp³-hybridized carbons (Fsp3) is 0.733. The topological polar surface area (TPSA) is 149 Å². The van der Waals surface area contributed by atoms with Crippen LogP contribution in [0, 0.1) is 11.8 Å². The lowest BCUT2D eigenvalue weighted by Gasteiger charge is -2.42. The van der Waals surface area contributed by atoms with Crippen molar-refractivity contribution in [1.29, 1.82) is 0 Å². The Morgan fingerprint density at radius 1 is 1.00 bits per heavy atom. The van der Waals surface area contributed by atoms with Gasteiger partial charge in [0.2, 0.25) is 6.29 Å². The summed E-state index contributed by atoms with van der Waals surface area (Å²) in [7, 11) is 0. The molecule has 3 aliphatic rings. The fourth-order valence-electron chi connectivity index (χ4n) is 3.40. The number of fused-ring (bicyclic) bond motifs is 1. The third kappa shape index (κ3) is 2.76. The van der Waals surface area contributed by atoms with E-state index in [2.05, 4.69) is 6.58 Å². The van der Waals surface area contributed by atoms with Crippen molar-refractivity contribution in [2.75, 3.05) is 6.61 Å². The first-order chi connectivity index (χ1) is 11.4. The molecule has 0 aromatic carbocycles. The molecule has 2 heterocycles. The van der Waals surface area contributed by atoms with Crippen molar-refractivity contribution in [3.8, 4) is 0 Å². The van der Waals surface area contributed by atoms with Crippen molar-refractivity contribution in [3.63, 3.8) is 0 Å². The molecule has 2 fully saturated rings. The highest BCUT2D eigenvalue weighted by atomic mass is 16.8. The first-order valence-electron chi connectivity index (χ1n) is 7.69. The van der Waals surface area contributed by atoms with Crippen LogP contribution in [-0.2, 0) is 14.2 Å². The first kappa shape index (κ1) is 17.8. The number of rotatable bonds is 3. The van der Waals surface area contributed by atoms with E-state index in [9.17, 15) is 30.6 Å². The third-order valence-electron chi connectivity index (χ3n) is 4.86. The Labute approximate surface area is 138 Å². The molecule has 9 nitrogen and oxygen atoms in total. The highest BCUT2D eigenvalue weighted by Gasteiger charge is 2.52. The summed E-state index contributed by atoms with van der Waals surface area (Å²) in [6.45, 7) is 3.18. The summed E-state index contributed by atoms with van der Waals surface area (Å²) < 4.78 is 16.2. The summed E-state index contributed by atoms with van der Waals surface area (Å²) in [5, 5.41) is 58.8. The van der Waals surface area contributed by atoms with Gasteiger partial charge >= 0.3 is 0 Å². The summed E-state index contributed by atoms with van der Waals surface area (Å²) in [5.41, 5.74) is 0.325. The molecule has 0 radical (unpaired) electrons. The van der Waals surface area contributed by atoms with E-state index in [-0.39, 0.29) is 0 Å². The molecule has 0 bridgehead atoms. The molecule has 0 amide bonds. The zero-order chi connectivity index (χ0) is 17.6. The van der Waals surface area contributed by atoms with Gasteiger partial charge in [-0.1, -0.05) is 6.58 Å². The van der Waals surface area contributed by atoms with Crippen LogP contribution in [-0.4, -0.2) is 86.4 Å². The van der Waals surface area contributed by atoms with Crippen molar-refractivity contribution in [2.45, 2.75) is 49.2 Å². The van der Waals surface area contributed by atoms with E-state index in [4.69, 9.17) is 14.2 Å². The highest BCUT2D eigenvalue weighted by molar-refractivity contribution is 5.24. The van der Waals surface area contributed by atoms with Crippen LogP contribution in [0.4, 0.5) is 0 Å². The van der Waals surface area contributed by atoms with Crippen LogP contribution in [0.15, 0.2) is 24.5 Å². The van der Waals surface area contributed by atoms with Crippen LogP contribution >= 0.6 is 0 Å². The van der Waals surface area contributed by atoms with E-state index in [0.29, 0.717) is 5.57 Å². The van der Waals surface area contributed by atoms with Crippen LogP contribution in [0.3, 0.4) is 0 Å². The predicted octanol–water partition coefficient (Wildman–Crippen LogP) is -2.80. The van der Waals surface area contributed by atoms with Gasteiger partial charge in [-0.25, -0.2) is 0 Å². The molecule has 24 heavy (non-hydrogen) atoms. The normalized spacial score (nSPS) is 51.3. The minimum absolute atomic E-state index is 0.325. The summed E-state index contributed by atoms with van der Waals surface area (Å²) in [5.74, 6) is -1.05. The van der Waals surface area contributed by atoms with Gasteiger partial charge in [-0.05, 0) is 11.6 Å². The smallest absolute Gasteiger partial charge is 0.209 e. The molecule has 0 aromatic heterocycles. The Balaban J connectivity index is 1.75. The van der Waals surface area contributed by atoms with Gasteiger partial charge in [0.25, 0.3) is 0 Å². The second-order valence-corrected chi connectivity index (χ2v) is 6.28. The quantitative estimate of drug-likeness (QED) is 0.298. The maximum Gasteiger partial charge on any atom is 0.209 e. The summed E-state index contributed by atoms with van der Waals surface area (Å²) in [6, 6.07) is 0. The molecule has 10 atom stereocenters. The van der Waals surface area contributed by atoms with Gasteiger partial charge in [0.15, 0.2) is 6.29 Å². The lowest BCUT2D eigenvalue weighted by molar-refractivity contribution is -0.339. The van der Waals surface area contributed by atoms with Crippen LogP contribution in [0.1, 0.15) is 0 Å². The van der Waals surface area contributed by atoms with Gasteiger partial charge in [-0.3, -0.25) is 0 Å². The van der Waals surface area contributed by atoms with Crippen LogP contribution in [0.2, 0.25) is 0 Å². The molecular formula is C15H22O9. The zero-order valence-electron chi connectivity index (χ0n) is 12.8. The third-order valence-corrected chi connectivity index (χ3v) is 4.86. The lowest BCUT2D eigenvalue weighted by Crippen LogP contribution is -2.60. The van der Waals surface area contributed by atoms with Gasteiger partial charge < -0.3 is 44.8 Å². The highest BCUT2D eigenvalue weighted by Crippen LogP contribution is 2.43. The minimum atomic E-state index is -1.57.